The summed E-state index contributed by atoms with van der Waals surface area (Å²) in [6, 6.07) is 18.8. The zero-order valence-electron chi connectivity index (χ0n) is 29.1. The van der Waals surface area contributed by atoms with E-state index in [1.165, 1.54) is 35.2 Å². The van der Waals surface area contributed by atoms with Crippen molar-refractivity contribution >= 4 is 17.9 Å². The summed E-state index contributed by atoms with van der Waals surface area (Å²) in [7, 11) is 4.27. The van der Waals surface area contributed by atoms with Crippen LogP contribution >= 0.6 is 0 Å². The largest absolute Gasteiger partial charge is 0.467 e. The first-order valence-electron chi connectivity index (χ1n) is 16.3. The fraction of sp³-hybridized carbons (Fsp3) is 0.583. The Bertz CT molecular complexity index is 1340. The number of carbonyl (C=O) groups excluding carboxylic acids is 3. The van der Waals surface area contributed by atoms with Gasteiger partial charge in [0, 0.05) is 34.0 Å². The van der Waals surface area contributed by atoms with Gasteiger partial charge in [-0.05, 0) is 17.5 Å². The molecule has 2 aliphatic rings. The third-order valence-corrected chi connectivity index (χ3v) is 8.89. The lowest BCUT2D eigenvalue weighted by atomic mass is 9.77. The smallest absolute Gasteiger partial charge is 0.338 e. The maximum Gasteiger partial charge on any atom is 0.338 e. The Hall–Kier alpha value is -3.43. The zero-order valence-corrected chi connectivity index (χ0v) is 29.1. The maximum absolute atomic E-state index is 13.3. The molecule has 2 saturated heterocycles. The molecule has 0 amide bonds. The van der Waals surface area contributed by atoms with Crippen molar-refractivity contribution in [3.8, 4) is 0 Å². The number of hydrogen-bond donors (Lipinski definition) is 0. The van der Waals surface area contributed by atoms with E-state index in [4.69, 9.17) is 47.4 Å². The number of ether oxygens (including phenoxy) is 10. The molecule has 0 aliphatic carbocycles. The Kier molecular flexibility index (Phi) is 14.1. The highest BCUT2D eigenvalue weighted by Gasteiger charge is 2.60. The normalized spacial score (nSPS) is 31.4. The standard InChI is InChI=1S/C36H48O13/c1-8-36(35(39)42-7)22(2)28(40-5)31(41-6)34(49-36)48-29-27(21-43-19-25-15-11-9-12-16-25)47-33(46-24(4)38)32(30(29)45-23(3)37)44-20-26-17-13-10-14-18-26/h9-18,22,27-34H,8,19-21H2,1-7H3/t22-,27?,28-,29+,30-,31?,32?,33-,34+,36?/m0/s1. The third-order valence-electron chi connectivity index (χ3n) is 8.89. The molecule has 10 atom stereocenters. The van der Waals surface area contributed by atoms with Crippen molar-refractivity contribution in [1.82, 2.24) is 0 Å². The van der Waals surface area contributed by atoms with Crippen molar-refractivity contribution in [3.63, 3.8) is 0 Å². The first-order chi connectivity index (χ1) is 23.6. The van der Waals surface area contributed by atoms with Crippen molar-refractivity contribution < 1.29 is 61.8 Å². The van der Waals surface area contributed by atoms with Gasteiger partial charge >= 0.3 is 17.9 Å². The molecule has 0 saturated carbocycles. The van der Waals surface area contributed by atoms with E-state index in [2.05, 4.69) is 0 Å². The first-order valence-corrected chi connectivity index (χ1v) is 16.3. The second-order valence-electron chi connectivity index (χ2n) is 12.0. The van der Waals surface area contributed by atoms with Gasteiger partial charge in [0.1, 0.15) is 18.3 Å². The van der Waals surface area contributed by atoms with Crippen LogP contribution in [0.3, 0.4) is 0 Å². The van der Waals surface area contributed by atoms with Gasteiger partial charge in [-0.15, -0.1) is 0 Å². The van der Waals surface area contributed by atoms with Crippen molar-refractivity contribution in [3.05, 3.63) is 71.8 Å². The molecular weight excluding hydrogens is 640 g/mol. The summed E-state index contributed by atoms with van der Waals surface area (Å²) in [5, 5.41) is 0. The summed E-state index contributed by atoms with van der Waals surface area (Å²) in [6.45, 7) is 6.32. The Morgan fingerprint density at radius 2 is 1.33 bits per heavy atom. The monoisotopic (exact) mass is 688 g/mol. The number of methoxy groups -OCH3 is 3. The molecule has 0 aromatic heterocycles. The van der Waals surface area contributed by atoms with Crippen LogP contribution in [0.2, 0.25) is 0 Å². The molecule has 0 N–H and O–H groups in total. The third kappa shape index (κ3) is 9.23. The number of carbonyl (C=O) groups is 3. The molecule has 270 valence electrons. The van der Waals surface area contributed by atoms with Crippen LogP contribution in [0.25, 0.3) is 0 Å². The molecule has 2 heterocycles. The topological polar surface area (TPSA) is 144 Å². The summed E-state index contributed by atoms with van der Waals surface area (Å²) >= 11 is 0. The van der Waals surface area contributed by atoms with Crippen molar-refractivity contribution in [2.45, 2.75) is 102 Å². The molecule has 0 spiro atoms. The van der Waals surface area contributed by atoms with Crippen LogP contribution in [0.15, 0.2) is 60.7 Å². The van der Waals surface area contributed by atoms with Crippen LogP contribution in [0, 0.1) is 5.92 Å². The van der Waals surface area contributed by atoms with Crippen LogP contribution in [-0.2, 0) is 75.0 Å². The lowest BCUT2D eigenvalue weighted by Gasteiger charge is -2.52. The molecule has 13 heteroatoms. The first kappa shape index (κ1) is 38.4. The maximum atomic E-state index is 13.3. The molecule has 2 fully saturated rings. The minimum Gasteiger partial charge on any atom is -0.467 e. The van der Waals surface area contributed by atoms with Crippen molar-refractivity contribution in [2.75, 3.05) is 27.9 Å². The Balaban J connectivity index is 1.75. The summed E-state index contributed by atoms with van der Waals surface area (Å²) in [6.07, 6.45) is -8.35. The predicted octanol–water partition coefficient (Wildman–Crippen LogP) is 3.74. The Morgan fingerprint density at radius 3 is 1.86 bits per heavy atom. The fourth-order valence-electron chi connectivity index (χ4n) is 6.46. The van der Waals surface area contributed by atoms with Crippen LogP contribution in [0.1, 0.15) is 45.2 Å². The molecule has 4 rings (SSSR count). The number of hydrogen-bond acceptors (Lipinski definition) is 13. The van der Waals surface area contributed by atoms with Crippen LogP contribution in [0.5, 0.6) is 0 Å². The average molecular weight is 689 g/mol. The van der Waals surface area contributed by atoms with Gasteiger partial charge in [0.15, 0.2) is 24.1 Å². The van der Waals surface area contributed by atoms with Gasteiger partial charge in [-0.2, -0.15) is 0 Å². The SMILES string of the molecule is CCC1(C(=O)OC)O[C@@H](O[C@@H]2C(COCc3ccccc3)O[C@H](OC(C)=O)C(OCc3ccccc3)[C@H]2OC(C)=O)C(OC)[C@@H](OC)[C@@H]1C. The highest BCUT2D eigenvalue weighted by molar-refractivity contribution is 5.80. The Labute approximate surface area is 287 Å². The van der Waals surface area contributed by atoms with Gasteiger partial charge in [-0.3, -0.25) is 9.59 Å². The molecule has 49 heavy (non-hydrogen) atoms. The van der Waals surface area contributed by atoms with Crippen LogP contribution in [-0.4, -0.2) is 101 Å². The van der Waals surface area contributed by atoms with E-state index in [9.17, 15) is 14.4 Å². The highest BCUT2D eigenvalue weighted by atomic mass is 16.8. The predicted molar refractivity (Wildman–Crippen MR) is 173 cm³/mol. The van der Waals surface area contributed by atoms with Gasteiger partial charge in [-0.1, -0.05) is 74.5 Å². The van der Waals surface area contributed by atoms with E-state index in [1.54, 1.807) is 6.92 Å². The molecule has 13 nitrogen and oxygen atoms in total. The molecule has 2 aromatic carbocycles. The summed E-state index contributed by atoms with van der Waals surface area (Å²) in [4.78, 5) is 38.3. The number of esters is 3. The lowest BCUT2D eigenvalue weighted by molar-refractivity contribution is -0.369. The van der Waals surface area contributed by atoms with Crippen molar-refractivity contribution in [1.29, 1.82) is 0 Å². The zero-order chi connectivity index (χ0) is 35.6. The minimum atomic E-state index is -1.47. The highest BCUT2D eigenvalue weighted by Crippen LogP contribution is 2.42. The summed E-state index contributed by atoms with van der Waals surface area (Å²) in [5.41, 5.74) is 0.254. The van der Waals surface area contributed by atoms with E-state index >= 15 is 0 Å². The van der Waals surface area contributed by atoms with Gasteiger partial charge in [0.25, 0.3) is 0 Å². The number of benzene rings is 2. The fourth-order valence-corrected chi connectivity index (χ4v) is 6.46. The quantitative estimate of drug-likeness (QED) is 0.198. The minimum absolute atomic E-state index is 0.0669. The van der Waals surface area contributed by atoms with Gasteiger partial charge in [0.05, 0.1) is 33.0 Å². The second-order valence-corrected chi connectivity index (χ2v) is 12.0. The molecule has 0 bridgehead atoms. The van der Waals surface area contributed by atoms with E-state index in [-0.39, 0.29) is 26.2 Å². The molecule has 2 aromatic rings. The van der Waals surface area contributed by atoms with Crippen molar-refractivity contribution in [2.24, 2.45) is 5.92 Å². The Morgan fingerprint density at radius 1 is 0.735 bits per heavy atom. The van der Waals surface area contributed by atoms with E-state index < -0.39 is 78.6 Å². The average Bonchev–Trinajstić information content (AvgIpc) is 3.09. The molecule has 2 aliphatic heterocycles. The van der Waals surface area contributed by atoms with Gasteiger partial charge in [-0.25, -0.2) is 4.79 Å². The molecule has 0 radical (unpaired) electrons. The summed E-state index contributed by atoms with van der Waals surface area (Å²) < 4.78 is 60.3. The molecule has 4 unspecified atom stereocenters. The van der Waals surface area contributed by atoms with E-state index in [0.717, 1.165) is 11.1 Å². The van der Waals surface area contributed by atoms with Gasteiger partial charge < -0.3 is 47.4 Å². The van der Waals surface area contributed by atoms with Crippen LogP contribution in [0.4, 0.5) is 0 Å². The van der Waals surface area contributed by atoms with E-state index in [1.807, 2.05) is 67.6 Å². The van der Waals surface area contributed by atoms with E-state index in [0.29, 0.717) is 0 Å². The number of rotatable bonds is 15. The molecular formula is C36H48O13. The lowest BCUT2D eigenvalue weighted by Crippen LogP contribution is -2.68. The van der Waals surface area contributed by atoms with Gasteiger partial charge in [0.2, 0.25) is 6.29 Å². The van der Waals surface area contributed by atoms with Crippen LogP contribution < -0.4 is 0 Å². The summed E-state index contributed by atoms with van der Waals surface area (Å²) in [5.74, 6) is -2.40. The second kappa shape index (κ2) is 18.0.